The normalized spacial score (nSPS) is 14.8. The molecular weight excluding hydrogens is 406 g/mol. The fraction of sp³-hybridized carbons (Fsp3) is 0.0833. The topological polar surface area (TPSA) is 148 Å². The van der Waals surface area contributed by atoms with Gasteiger partial charge in [0.15, 0.2) is 0 Å². The van der Waals surface area contributed by atoms with E-state index in [-0.39, 0.29) is 23.2 Å². The Hall–Kier alpha value is -4.46. The number of nitrogen functional groups attached to an aromatic ring is 2. The molecule has 8 nitrogen and oxygen atoms in total. The Morgan fingerprint density at radius 3 is 2.56 bits per heavy atom. The number of carbonyl (C=O) groups is 1. The van der Waals surface area contributed by atoms with Crippen LogP contribution in [0.2, 0.25) is 0 Å². The number of nitrogens with two attached hydrogens (primary N) is 2. The molecule has 8 heteroatoms. The Morgan fingerprint density at radius 2 is 1.91 bits per heavy atom. The molecule has 1 aliphatic rings. The van der Waals surface area contributed by atoms with Crippen LogP contribution in [-0.4, -0.2) is 33.0 Å². The van der Waals surface area contributed by atoms with Crippen molar-refractivity contribution >= 4 is 17.5 Å². The fourth-order valence-electron chi connectivity index (χ4n) is 3.41. The van der Waals surface area contributed by atoms with E-state index in [1.54, 1.807) is 6.07 Å². The van der Waals surface area contributed by atoms with Crippen molar-refractivity contribution in [1.29, 1.82) is 5.41 Å². The van der Waals surface area contributed by atoms with Crippen LogP contribution in [0.3, 0.4) is 0 Å². The largest absolute Gasteiger partial charge is 0.486 e. The number of rotatable bonds is 6. The first-order valence-electron chi connectivity index (χ1n) is 9.86. The number of nitrogens with one attached hydrogen (secondary N) is 1. The highest BCUT2D eigenvalue weighted by Gasteiger charge is 2.17. The number of carboxylic acids is 1. The minimum Gasteiger partial charge on any atom is -0.486 e. The molecule has 0 radical (unpaired) electrons. The van der Waals surface area contributed by atoms with Gasteiger partial charge in [0.25, 0.3) is 0 Å². The van der Waals surface area contributed by atoms with Crippen LogP contribution in [0.1, 0.15) is 22.3 Å². The molecule has 0 saturated carbocycles. The molecule has 160 valence electrons. The highest BCUT2D eigenvalue weighted by Crippen LogP contribution is 2.32. The number of pyridine rings is 2. The van der Waals surface area contributed by atoms with Crippen molar-refractivity contribution in [2.75, 3.05) is 5.73 Å². The van der Waals surface area contributed by atoms with Crippen LogP contribution in [0.15, 0.2) is 73.1 Å². The number of allylic oxidation sites excluding steroid dienone is 2. The van der Waals surface area contributed by atoms with Crippen molar-refractivity contribution in [3.05, 3.63) is 84.2 Å². The van der Waals surface area contributed by atoms with Gasteiger partial charge < -0.3 is 21.3 Å². The van der Waals surface area contributed by atoms with E-state index in [0.29, 0.717) is 33.8 Å². The molecule has 0 fully saturated rings. The minimum absolute atomic E-state index is 0.0234. The quantitative estimate of drug-likeness (QED) is 0.347. The SMILES string of the molecule is N=C(N)c1c(N)cc(-c2cncc(C(=O)O)c2)nc1-c1ccc(OC2C=CC=CC2)cc1. The molecule has 1 aliphatic carbocycles. The Balaban J connectivity index is 1.73. The predicted octanol–water partition coefficient (Wildman–Crippen LogP) is 3.64. The van der Waals surface area contributed by atoms with E-state index in [1.807, 2.05) is 48.6 Å². The highest BCUT2D eigenvalue weighted by atomic mass is 16.5. The van der Waals surface area contributed by atoms with Gasteiger partial charge in [0.1, 0.15) is 17.7 Å². The standard InChI is InChI=1S/C24H21N5O3/c25-19-11-20(15-10-16(24(30)31)13-28-12-15)29-22(21(19)23(26)27)14-6-8-18(9-7-14)32-17-4-2-1-3-5-17/h1-4,6-13,17H,5H2,(H2,25,29)(H3,26,27)(H,30,31). The smallest absolute Gasteiger partial charge is 0.337 e. The van der Waals surface area contributed by atoms with Crippen LogP contribution < -0.4 is 16.2 Å². The maximum Gasteiger partial charge on any atom is 0.337 e. The van der Waals surface area contributed by atoms with Crippen molar-refractivity contribution in [2.45, 2.75) is 12.5 Å². The van der Waals surface area contributed by atoms with Crippen LogP contribution in [0.4, 0.5) is 5.69 Å². The number of hydrogen-bond donors (Lipinski definition) is 4. The molecular formula is C24H21N5O3. The van der Waals surface area contributed by atoms with Gasteiger partial charge in [0.05, 0.1) is 22.5 Å². The lowest BCUT2D eigenvalue weighted by Gasteiger charge is -2.17. The Kier molecular flexibility index (Phi) is 5.67. The number of nitrogens with zero attached hydrogens (tertiary/aromatic N) is 2. The van der Waals surface area contributed by atoms with Crippen molar-refractivity contribution in [3.8, 4) is 28.3 Å². The van der Waals surface area contributed by atoms with Gasteiger partial charge in [0, 0.05) is 35.6 Å². The number of amidine groups is 1. The lowest BCUT2D eigenvalue weighted by Crippen LogP contribution is -2.16. The summed E-state index contributed by atoms with van der Waals surface area (Å²) in [6, 6.07) is 10.3. The van der Waals surface area contributed by atoms with Crippen molar-refractivity contribution in [2.24, 2.45) is 5.73 Å². The number of aromatic nitrogens is 2. The molecule has 1 atom stereocenters. The number of anilines is 1. The molecule has 4 rings (SSSR count). The molecule has 32 heavy (non-hydrogen) atoms. The van der Waals surface area contributed by atoms with Gasteiger partial charge in [-0.25, -0.2) is 9.78 Å². The minimum atomic E-state index is -1.09. The van der Waals surface area contributed by atoms with Crippen LogP contribution in [-0.2, 0) is 0 Å². The van der Waals surface area contributed by atoms with Gasteiger partial charge in [-0.05, 0) is 42.5 Å². The van der Waals surface area contributed by atoms with Gasteiger partial charge >= 0.3 is 5.97 Å². The molecule has 1 aromatic carbocycles. The van der Waals surface area contributed by atoms with Gasteiger partial charge in [-0.2, -0.15) is 0 Å². The number of aromatic carboxylic acids is 1. The lowest BCUT2D eigenvalue weighted by atomic mass is 10.0. The van der Waals surface area contributed by atoms with Crippen LogP contribution >= 0.6 is 0 Å². The fourth-order valence-corrected chi connectivity index (χ4v) is 3.41. The molecule has 0 spiro atoms. The first-order valence-corrected chi connectivity index (χ1v) is 9.86. The summed E-state index contributed by atoms with van der Waals surface area (Å²) in [6.45, 7) is 0. The highest BCUT2D eigenvalue weighted by molar-refractivity contribution is 6.06. The second-order valence-electron chi connectivity index (χ2n) is 7.23. The molecule has 0 aliphatic heterocycles. The monoisotopic (exact) mass is 427 g/mol. The third kappa shape index (κ3) is 4.34. The maximum atomic E-state index is 11.3. The van der Waals surface area contributed by atoms with Crippen molar-refractivity contribution in [3.63, 3.8) is 0 Å². The first-order chi connectivity index (χ1) is 15.4. The summed E-state index contributed by atoms with van der Waals surface area (Å²) in [5.41, 5.74) is 14.6. The maximum absolute atomic E-state index is 11.3. The van der Waals surface area contributed by atoms with Gasteiger partial charge in [-0.15, -0.1) is 0 Å². The second-order valence-corrected chi connectivity index (χ2v) is 7.23. The zero-order valence-corrected chi connectivity index (χ0v) is 17.0. The van der Waals surface area contributed by atoms with E-state index in [2.05, 4.69) is 9.97 Å². The summed E-state index contributed by atoms with van der Waals surface area (Å²) in [6.07, 6.45) is 11.5. The van der Waals surface area contributed by atoms with E-state index >= 15 is 0 Å². The summed E-state index contributed by atoms with van der Waals surface area (Å²) in [5.74, 6) is -0.606. The van der Waals surface area contributed by atoms with Crippen LogP contribution in [0, 0.1) is 5.41 Å². The third-order valence-electron chi connectivity index (χ3n) is 4.96. The number of ether oxygens (including phenoxy) is 1. The Bertz CT molecular complexity index is 1250. The summed E-state index contributed by atoms with van der Waals surface area (Å²) < 4.78 is 5.96. The number of benzene rings is 1. The van der Waals surface area contributed by atoms with Gasteiger partial charge in [-0.3, -0.25) is 10.4 Å². The van der Waals surface area contributed by atoms with E-state index in [4.69, 9.17) is 21.6 Å². The zero-order chi connectivity index (χ0) is 22.7. The Morgan fingerprint density at radius 1 is 1.12 bits per heavy atom. The summed E-state index contributed by atoms with van der Waals surface area (Å²) in [4.78, 5) is 19.9. The van der Waals surface area contributed by atoms with Crippen LogP contribution in [0.25, 0.3) is 22.5 Å². The third-order valence-corrected chi connectivity index (χ3v) is 4.96. The van der Waals surface area contributed by atoms with Gasteiger partial charge in [-0.1, -0.05) is 18.2 Å². The van der Waals surface area contributed by atoms with E-state index in [1.165, 1.54) is 18.5 Å². The Labute approximate surface area is 184 Å². The van der Waals surface area contributed by atoms with Gasteiger partial charge in [0.2, 0.25) is 0 Å². The molecule has 2 heterocycles. The molecule has 0 saturated heterocycles. The average molecular weight is 427 g/mol. The number of hydrogen-bond acceptors (Lipinski definition) is 6. The second kappa shape index (κ2) is 8.73. The molecule has 0 bridgehead atoms. The average Bonchev–Trinajstić information content (AvgIpc) is 2.79. The molecule has 1 unspecified atom stereocenters. The summed E-state index contributed by atoms with van der Waals surface area (Å²) in [7, 11) is 0. The molecule has 2 aromatic heterocycles. The predicted molar refractivity (Wildman–Crippen MR) is 123 cm³/mol. The van der Waals surface area contributed by atoms with E-state index in [9.17, 15) is 9.90 Å². The number of carboxylic acid groups (broad SMARTS) is 1. The molecule has 6 N–H and O–H groups in total. The zero-order valence-electron chi connectivity index (χ0n) is 17.0. The lowest BCUT2D eigenvalue weighted by molar-refractivity contribution is 0.0696. The first kappa shape index (κ1) is 20.8. The molecule has 0 amide bonds. The summed E-state index contributed by atoms with van der Waals surface area (Å²) >= 11 is 0. The van der Waals surface area contributed by atoms with Crippen molar-refractivity contribution < 1.29 is 14.6 Å². The van der Waals surface area contributed by atoms with Crippen molar-refractivity contribution in [1.82, 2.24) is 9.97 Å². The van der Waals surface area contributed by atoms with E-state index in [0.717, 1.165) is 6.42 Å². The summed E-state index contributed by atoms with van der Waals surface area (Å²) in [5, 5.41) is 17.2. The van der Waals surface area contributed by atoms with E-state index < -0.39 is 5.97 Å². The molecule has 3 aromatic rings. The van der Waals surface area contributed by atoms with Crippen LogP contribution in [0.5, 0.6) is 5.75 Å².